The summed E-state index contributed by atoms with van der Waals surface area (Å²) in [6.07, 6.45) is 8.14. The van der Waals surface area contributed by atoms with Crippen LogP contribution in [0.25, 0.3) is 0 Å². The van der Waals surface area contributed by atoms with Crippen LogP contribution in [-0.2, 0) is 10.0 Å². The van der Waals surface area contributed by atoms with Gasteiger partial charge in [-0.15, -0.1) is 0 Å². The molecule has 1 saturated heterocycles. The minimum atomic E-state index is -3.21. The van der Waals surface area contributed by atoms with Crippen molar-refractivity contribution in [2.75, 3.05) is 28.5 Å². The molecule has 1 aromatic carbocycles. The predicted molar refractivity (Wildman–Crippen MR) is 95.7 cm³/mol. The Labute approximate surface area is 143 Å². The fourth-order valence-corrected chi connectivity index (χ4v) is 4.68. The van der Waals surface area contributed by atoms with E-state index in [9.17, 15) is 13.2 Å². The number of hydrogen-bond acceptors (Lipinski definition) is 3. The smallest absolute Gasteiger partial charge is 0.319 e. The minimum absolute atomic E-state index is 0.182. The van der Waals surface area contributed by atoms with Gasteiger partial charge in [0.05, 0.1) is 11.4 Å². The van der Waals surface area contributed by atoms with E-state index in [1.54, 1.807) is 24.3 Å². The number of hydrogen-bond donors (Lipinski definition) is 2. The van der Waals surface area contributed by atoms with Crippen molar-refractivity contribution in [1.29, 1.82) is 0 Å². The molecule has 1 aliphatic heterocycles. The number of allylic oxidation sites excluding steroid dienone is 2. The number of urea groups is 1. The second kappa shape index (κ2) is 7.25. The highest BCUT2D eigenvalue weighted by atomic mass is 32.2. The summed E-state index contributed by atoms with van der Waals surface area (Å²) in [4.78, 5) is 12.0. The first kappa shape index (κ1) is 16.8. The van der Waals surface area contributed by atoms with Gasteiger partial charge in [0.1, 0.15) is 0 Å². The van der Waals surface area contributed by atoms with E-state index in [0.29, 0.717) is 36.8 Å². The van der Waals surface area contributed by atoms with Crippen LogP contribution in [0.5, 0.6) is 0 Å². The van der Waals surface area contributed by atoms with Crippen LogP contribution < -0.4 is 14.9 Å². The number of carbonyl (C=O) groups excluding carboxylic acids is 1. The Bertz CT molecular complexity index is 730. The first-order valence-corrected chi connectivity index (χ1v) is 9.96. The molecule has 1 atom stereocenters. The first-order chi connectivity index (χ1) is 11.5. The van der Waals surface area contributed by atoms with Crippen LogP contribution in [0.2, 0.25) is 0 Å². The monoisotopic (exact) mass is 349 g/mol. The van der Waals surface area contributed by atoms with Gasteiger partial charge in [0, 0.05) is 18.8 Å². The van der Waals surface area contributed by atoms with E-state index in [1.807, 2.05) is 0 Å². The molecule has 1 aromatic rings. The van der Waals surface area contributed by atoms with Gasteiger partial charge in [0.2, 0.25) is 10.0 Å². The summed E-state index contributed by atoms with van der Waals surface area (Å²) in [5.41, 5.74) is 1.19. The summed E-state index contributed by atoms with van der Waals surface area (Å²) in [7, 11) is -3.21. The van der Waals surface area contributed by atoms with Crippen molar-refractivity contribution in [3.63, 3.8) is 0 Å². The molecule has 3 rings (SSSR count). The molecule has 0 unspecified atom stereocenters. The van der Waals surface area contributed by atoms with Crippen LogP contribution in [0.1, 0.15) is 25.7 Å². The molecule has 24 heavy (non-hydrogen) atoms. The normalized spacial score (nSPS) is 22.3. The average molecular weight is 349 g/mol. The number of benzene rings is 1. The zero-order valence-corrected chi connectivity index (χ0v) is 14.4. The number of sulfonamides is 1. The topological polar surface area (TPSA) is 78.5 Å². The largest absolute Gasteiger partial charge is 0.338 e. The third-order valence-corrected chi connectivity index (χ3v) is 6.29. The SMILES string of the molecule is O=C(NC[C@@H]1CC=CCC1)Nc1cccc(N2CCCS2(=O)=O)c1. The van der Waals surface area contributed by atoms with Crippen molar-refractivity contribution in [3.05, 3.63) is 36.4 Å². The van der Waals surface area contributed by atoms with Crippen LogP contribution in [0.15, 0.2) is 36.4 Å². The molecule has 0 bridgehead atoms. The van der Waals surface area contributed by atoms with Crippen LogP contribution in [0.3, 0.4) is 0 Å². The zero-order chi connectivity index (χ0) is 17.0. The molecule has 2 amide bonds. The van der Waals surface area contributed by atoms with E-state index >= 15 is 0 Å². The summed E-state index contributed by atoms with van der Waals surface area (Å²) < 4.78 is 25.4. The van der Waals surface area contributed by atoms with Crippen molar-refractivity contribution in [2.24, 2.45) is 5.92 Å². The van der Waals surface area contributed by atoms with Crippen LogP contribution in [0.4, 0.5) is 16.2 Å². The molecule has 1 fully saturated rings. The Kier molecular flexibility index (Phi) is 5.08. The van der Waals surface area contributed by atoms with Crippen LogP contribution in [-0.4, -0.2) is 33.3 Å². The van der Waals surface area contributed by atoms with Crippen molar-refractivity contribution in [1.82, 2.24) is 5.32 Å². The van der Waals surface area contributed by atoms with E-state index in [2.05, 4.69) is 22.8 Å². The first-order valence-electron chi connectivity index (χ1n) is 8.35. The quantitative estimate of drug-likeness (QED) is 0.821. The molecule has 2 N–H and O–H groups in total. The second-order valence-electron chi connectivity index (χ2n) is 6.28. The minimum Gasteiger partial charge on any atom is -0.338 e. The fourth-order valence-electron chi connectivity index (χ4n) is 3.12. The predicted octanol–water partition coefficient (Wildman–Crippen LogP) is 2.70. The van der Waals surface area contributed by atoms with E-state index in [-0.39, 0.29) is 11.8 Å². The average Bonchev–Trinajstić information content (AvgIpc) is 2.93. The number of rotatable bonds is 4. The number of nitrogens with zero attached hydrogens (tertiary/aromatic N) is 1. The number of amides is 2. The van der Waals surface area contributed by atoms with Gasteiger partial charge < -0.3 is 10.6 Å². The van der Waals surface area contributed by atoms with Crippen LogP contribution in [0, 0.1) is 5.92 Å². The maximum absolute atomic E-state index is 12.0. The van der Waals surface area contributed by atoms with E-state index < -0.39 is 10.0 Å². The molecule has 0 radical (unpaired) electrons. The molecule has 6 nitrogen and oxygen atoms in total. The van der Waals surface area contributed by atoms with Crippen molar-refractivity contribution >= 4 is 27.4 Å². The second-order valence-corrected chi connectivity index (χ2v) is 8.29. The van der Waals surface area contributed by atoms with Crippen LogP contribution >= 0.6 is 0 Å². The van der Waals surface area contributed by atoms with Gasteiger partial charge in [0.25, 0.3) is 0 Å². The highest BCUT2D eigenvalue weighted by Gasteiger charge is 2.28. The van der Waals surface area contributed by atoms with E-state index in [0.717, 1.165) is 19.3 Å². The Morgan fingerprint density at radius 2 is 2.17 bits per heavy atom. The summed E-state index contributed by atoms with van der Waals surface area (Å²) in [5.74, 6) is 0.669. The van der Waals surface area contributed by atoms with E-state index in [4.69, 9.17) is 0 Å². The van der Waals surface area contributed by atoms with Crippen molar-refractivity contribution < 1.29 is 13.2 Å². The van der Waals surface area contributed by atoms with Gasteiger partial charge in [-0.2, -0.15) is 0 Å². The van der Waals surface area contributed by atoms with Crippen molar-refractivity contribution in [3.8, 4) is 0 Å². The molecule has 0 aromatic heterocycles. The molecular formula is C17H23N3O3S. The Morgan fingerprint density at radius 1 is 1.29 bits per heavy atom. The molecular weight excluding hydrogens is 326 g/mol. The van der Waals surface area contributed by atoms with E-state index in [1.165, 1.54) is 4.31 Å². The standard InChI is InChI=1S/C17H23N3O3S/c21-17(18-13-14-6-2-1-3-7-14)19-15-8-4-9-16(12-15)20-10-5-11-24(20,22)23/h1-2,4,8-9,12,14H,3,5-7,10-11,13H2,(H2,18,19,21)/t14-/m1/s1. The zero-order valence-electron chi connectivity index (χ0n) is 13.6. The third kappa shape index (κ3) is 4.08. The number of carbonyl (C=O) groups is 1. The van der Waals surface area contributed by atoms with Gasteiger partial charge in [-0.1, -0.05) is 18.2 Å². The summed E-state index contributed by atoms with van der Waals surface area (Å²) >= 11 is 0. The highest BCUT2D eigenvalue weighted by Crippen LogP contribution is 2.26. The third-order valence-electron chi connectivity index (χ3n) is 4.42. The van der Waals surface area contributed by atoms with Gasteiger partial charge >= 0.3 is 6.03 Å². The Balaban J connectivity index is 1.58. The molecule has 0 saturated carbocycles. The van der Waals surface area contributed by atoms with Gasteiger partial charge in [0.15, 0.2) is 0 Å². The maximum atomic E-state index is 12.0. The van der Waals surface area contributed by atoms with Crippen molar-refractivity contribution in [2.45, 2.75) is 25.7 Å². The van der Waals surface area contributed by atoms with Gasteiger partial charge in [-0.05, 0) is 49.8 Å². The molecule has 7 heteroatoms. The van der Waals surface area contributed by atoms with Gasteiger partial charge in [-0.25, -0.2) is 13.2 Å². The molecule has 1 aliphatic carbocycles. The summed E-state index contributed by atoms with van der Waals surface area (Å²) in [6.45, 7) is 1.14. The summed E-state index contributed by atoms with van der Waals surface area (Å²) in [5, 5.41) is 5.67. The lowest BCUT2D eigenvalue weighted by molar-refractivity contribution is 0.249. The molecule has 2 aliphatic rings. The number of anilines is 2. The fraction of sp³-hybridized carbons (Fsp3) is 0.471. The number of nitrogens with one attached hydrogen (secondary N) is 2. The lowest BCUT2D eigenvalue weighted by Gasteiger charge is -2.19. The Hall–Kier alpha value is -2.02. The Morgan fingerprint density at radius 3 is 2.88 bits per heavy atom. The molecule has 0 spiro atoms. The summed E-state index contributed by atoms with van der Waals surface area (Å²) in [6, 6.07) is 6.71. The lowest BCUT2D eigenvalue weighted by Crippen LogP contribution is -2.33. The maximum Gasteiger partial charge on any atom is 0.319 e. The lowest BCUT2D eigenvalue weighted by atomic mass is 9.94. The highest BCUT2D eigenvalue weighted by molar-refractivity contribution is 7.93. The van der Waals surface area contributed by atoms with Gasteiger partial charge in [-0.3, -0.25) is 4.31 Å². The molecule has 1 heterocycles. The molecule has 130 valence electrons.